The summed E-state index contributed by atoms with van der Waals surface area (Å²) in [6.45, 7) is -1.86. The first-order chi connectivity index (χ1) is 16.4. The monoisotopic (exact) mass is 447 g/mol. The maximum Gasteiger partial charge on any atom is 0.323 e. The maximum absolute atomic E-state index is 12.7. The Morgan fingerprint density at radius 1 is 1.16 bits per heavy atom. The van der Waals surface area contributed by atoms with Crippen molar-refractivity contribution in [3.05, 3.63) is 83.8 Å². The molecular weight excluding hydrogens is 426 g/mol. The molecule has 8 heteroatoms. The molecule has 0 aliphatic carbocycles. The van der Waals surface area contributed by atoms with E-state index < -0.39 is 12.5 Å². The summed E-state index contributed by atoms with van der Waals surface area (Å²) < 4.78 is 24.6. The van der Waals surface area contributed by atoms with Crippen LogP contribution in [0.4, 0.5) is 16.2 Å². The number of nitrogens with one attached hydrogen (secondary N) is 3. The highest BCUT2D eigenvalue weighted by atomic mass is 35.5. The Morgan fingerprint density at radius 3 is 2.91 bits per heavy atom. The summed E-state index contributed by atoms with van der Waals surface area (Å²) in [6, 6.07) is 15.2. The molecular formula is C24H20ClN5O2. The van der Waals surface area contributed by atoms with Gasteiger partial charge in [-0.15, -0.1) is 0 Å². The van der Waals surface area contributed by atoms with Crippen molar-refractivity contribution < 1.29 is 12.3 Å². The van der Waals surface area contributed by atoms with Crippen LogP contribution in [0.3, 0.4) is 0 Å². The fourth-order valence-corrected chi connectivity index (χ4v) is 3.78. The zero-order valence-electron chi connectivity index (χ0n) is 19.0. The summed E-state index contributed by atoms with van der Waals surface area (Å²) in [5, 5.41) is 7.44. The van der Waals surface area contributed by atoms with E-state index in [9.17, 15) is 4.79 Å². The van der Waals surface area contributed by atoms with E-state index in [4.69, 9.17) is 19.1 Å². The van der Waals surface area contributed by atoms with Crippen LogP contribution in [0.1, 0.15) is 8.30 Å². The highest BCUT2D eigenvalue weighted by Gasteiger charge is 2.12. The molecule has 2 amide bonds. The summed E-state index contributed by atoms with van der Waals surface area (Å²) in [6.07, 6.45) is 4.96. The number of anilines is 2. The topological polar surface area (TPSA) is 84.0 Å². The number of hydrogen-bond donors (Lipinski definition) is 3. The molecule has 0 spiro atoms. The van der Waals surface area contributed by atoms with E-state index in [1.165, 1.54) is 7.11 Å². The second kappa shape index (κ2) is 8.28. The van der Waals surface area contributed by atoms with Crippen LogP contribution in [-0.4, -0.2) is 27.7 Å². The van der Waals surface area contributed by atoms with Crippen molar-refractivity contribution in [2.45, 2.75) is 6.50 Å². The minimum Gasteiger partial charge on any atom is -0.495 e. The van der Waals surface area contributed by atoms with Crippen molar-refractivity contribution in [3.63, 3.8) is 0 Å². The number of H-pyrrole nitrogens is 1. The summed E-state index contributed by atoms with van der Waals surface area (Å²) >= 11 is 6.05. The van der Waals surface area contributed by atoms with Crippen LogP contribution >= 0.6 is 11.6 Å². The molecule has 0 saturated heterocycles. The zero-order chi connectivity index (χ0) is 23.9. The molecule has 0 bridgehead atoms. The first-order valence-electron chi connectivity index (χ1n) is 10.8. The Labute approximate surface area is 191 Å². The predicted octanol–water partition coefficient (Wildman–Crippen LogP) is 5.87. The lowest BCUT2D eigenvalue weighted by Crippen LogP contribution is -2.20. The van der Waals surface area contributed by atoms with Gasteiger partial charge in [-0.1, -0.05) is 17.7 Å². The number of fused-ring (bicyclic) bond motifs is 2. The molecule has 5 aromatic rings. The average Bonchev–Trinajstić information content (AvgIpc) is 3.45. The van der Waals surface area contributed by atoms with Crippen LogP contribution in [-0.2, 0) is 6.50 Å². The second-order valence-electron chi connectivity index (χ2n) is 7.06. The largest absolute Gasteiger partial charge is 0.495 e. The first-order valence-corrected chi connectivity index (χ1v) is 10.2. The van der Waals surface area contributed by atoms with E-state index in [0.29, 0.717) is 49.6 Å². The van der Waals surface area contributed by atoms with Crippen molar-refractivity contribution in [3.8, 4) is 5.75 Å². The van der Waals surface area contributed by atoms with Gasteiger partial charge in [0.05, 0.1) is 26.7 Å². The van der Waals surface area contributed by atoms with E-state index in [0.717, 1.165) is 0 Å². The molecule has 0 saturated carbocycles. The highest BCUT2D eigenvalue weighted by molar-refractivity contribution is 6.31. The van der Waals surface area contributed by atoms with Crippen molar-refractivity contribution >= 4 is 50.9 Å². The molecule has 0 unspecified atom stereocenters. The number of methoxy groups -OCH3 is 1. The number of pyridine rings is 1. The lowest BCUT2D eigenvalue weighted by atomic mass is 10.2. The smallest absolute Gasteiger partial charge is 0.323 e. The van der Waals surface area contributed by atoms with E-state index in [1.54, 1.807) is 65.6 Å². The molecule has 2 aromatic carbocycles. The second-order valence-corrected chi connectivity index (χ2v) is 7.50. The minimum atomic E-state index is -1.86. The van der Waals surface area contributed by atoms with Gasteiger partial charge in [-0.2, -0.15) is 0 Å². The van der Waals surface area contributed by atoms with Crippen LogP contribution in [0, 0.1) is 0 Å². The number of amides is 2. The van der Waals surface area contributed by atoms with Crippen LogP contribution in [0.5, 0.6) is 5.75 Å². The molecule has 32 heavy (non-hydrogen) atoms. The third-order valence-corrected chi connectivity index (χ3v) is 5.32. The standard InChI is InChI=1S/C24H20ClN5O2/c1-32-22-8-7-16(25)12-20(22)29-24(31)28-19-5-2-6-21-18(19)9-11-30(21)14-15-13-27-23-17(15)4-3-10-26-23/h2-13H,14H2,1H3,(H,26,27)(H2,28,29,31)/i14D2. The predicted molar refractivity (Wildman–Crippen MR) is 128 cm³/mol. The SMILES string of the molecule is [2H]C([2H])(c1c[nH]c2ncccc12)n1ccc2c(NC(=O)Nc3cc(Cl)ccc3OC)cccc21. The average molecular weight is 448 g/mol. The molecule has 0 atom stereocenters. The maximum atomic E-state index is 12.7. The summed E-state index contributed by atoms with van der Waals surface area (Å²) in [5.74, 6) is 0.477. The first kappa shape index (κ1) is 17.7. The van der Waals surface area contributed by atoms with Crippen LogP contribution in [0.25, 0.3) is 21.9 Å². The molecule has 160 valence electrons. The molecule has 0 radical (unpaired) electrons. The highest BCUT2D eigenvalue weighted by Crippen LogP contribution is 2.29. The van der Waals surface area contributed by atoms with Crippen LogP contribution in [0.15, 0.2) is 73.2 Å². The molecule has 7 nitrogen and oxygen atoms in total. The Morgan fingerprint density at radius 2 is 2.03 bits per heavy atom. The van der Waals surface area contributed by atoms with Gasteiger partial charge in [0.15, 0.2) is 0 Å². The van der Waals surface area contributed by atoms with E-state index >= 15 is 0 Å². The molecule has 3 aromatic heterocycles. The Balaban J connectivity index is 1.47. The minimum absolute atomic E-state index is 0.432. The number of benzene rings is 2. The number of carbonyl (C=O) groups is 1. The molecule has 5 rings (SSSR count). The van der Waals surface area contributed by atoms with Gasteiger partial charge in [-0.05, 0) is 54.1 Å². The van der Waals surface area contributed by atoms with Gasteiger partial charge in [0.25, 0.3) is 0 Å². The summed E-state index contributed by atoms with van der Waals surface area (Å²) in [5.41, 5.74) is 2.68. The number of rotatable bonds is 5. The van der Waals surface area contributed by atoms with Crippen LogP contribution < -0.4 is 15.4 Å². The van der Waals surface area contributed by atoms with E-state index in [2.05, 4.69) is 20.6 Å². The van der Waals surface area contributed by atoms with E-state index in [1.807, 2.05) is 12.1 Å². The normalized spacial score (nSPS) is 12.4. The number of aromatic nitrogens is 3. The third-order valence-electron chi connectivity index (χ3n) is 5.08. The number of urea groups is 1. The van der Waals surface area contributed by atoms with Crippen molar-refractivity contribution in [1.29, 1.82) is 0 Å². The Hall–Kier alpha value is -3.97. The Kier molecular flexibility index (Phi) is 4.58. The summed E-state index contributed by atoms with van der Waals surface area (Å²) in [7, 11) is 1.51. The quantitative estimate of drug-likeness (QED) is 0.315. The number of ether oxygens (including phenoxy) is 1. The van der Waals surface area contributed by atoms with Crippen molar-refractivity contribution in [2.24, 2.45) is 0 Å². The van der Waals surface area contributed by atoms with Crippen molar-refractivity contribution in [2.75, 3.05) is 17.7 Å². The third kappa shape index (κ3) is 3.74. The zero-order valence-corrected chi connectivity index (χ0v) is 17.8. The Bertz CT molecular complexity index is 1530. The van der Waals surface area contributed by atoms with Gasteiger partial charge in [-0.3, -0.25) is 0 Å². The number of nitrogens with zero attached hydrogens (tertiary/aromatic N) is 2. The van der Waals surface area contributed by atoms with Gasteiger partial charge < -0.3 is 24.9 Å². The van der Waals surface area contributed by atoms with Gasteiger partial charge in [0.1, 0.15) is 11.4 Å². The molecule has 0 aliphatic heterocycles. The fourth-order valence-electron chi connectivity index (χ4n) is 3.61. The number of aromatic amines is 1. The van der Waals surface area contributed by atoms with Crippen LogP contribution in [0.2, 0.25) is 5.02 Å². The molecule has 0 aliphatic rings. The lowest BCUT2D eigenvalue weighted by molar-refractivity contribution is 0.262. The van der Waals surface area contributed by atoms with Gasteiger partial charge in [0, 0.05) is 40.9 Å². The number of hydrogen-bond acceptors (Lipinski definition) is 3. The van der Waals surface area contributed by atoms with Crippen molar-refractivity contribution in [1.82, 2.24) is 14.5 Å². The molecule has 3 N–H and O–H groups in total. The molecule has 0 fully saturated rings. The fraction of sp³-hybridized carbons (Fsp3) is 0.0833. The number of halogens is 1. The number of carbonyl (C=O) groups excluding carboxylic acids is 1. The lowest BCUT2D eigenvalue weighted by Gasteiger charge is -2.12. The van der Waals surface area contributed by atoms with Gasteiger partial charge in [-0.25, -0.2) is 9.78 Å². The van der Waals surface area contributed by atoms with Gasteiger partial charge in [0.2, 0.25) is 0 Å². The molecule has 3 heterocycles. The summed E-state index contributed by atoms with van der Waals surface area (Å²) in [4.78, 5) is 20.0. The van der Waals surface area contributed by atoms with E-state index in [-0.39, 0.29) is 0 Å². The van der Waals surface area contributed by atoms with Gasteiger partial charge >= 0.3 is 6.03 Å².